The van der Waals surface area contributed by atoms with E-state index in [2.05, 4.69) is 15.9 Å². The molecule has 12 heavy (non-hydrogen) atoms. The Hall–Kier alpha value is -0.740. The van der Waals surface area contributed by atoms with Gasteiger partial charge >= 0.3 is 0 Å². The first-order valence-electron chi connectivity index (χ1n) is 3.41. The molecule has 1 aromatic carbocycles. The van der Waals surface area contributed by atoms with Crippen LogP contribution in [0.15, 0.2) is 18.2 Å². The fourth-order valence-electron chi connectivity index (χ4n) is 0.837. The van der Waals surface area contributed by atoms with Gasteiger partial charge in [0, 0.05) is 5.33 Å². The third-order valence-electron chi connectivity index (χ3n) is 1.53. The second-order valence-electron chi connectivity index (χ2n) is 2.42. The monoisotopic (exact) mass is 232 g/mol. The van der Waals surface area contributed by atoms with Crippen LogP contribution in [0, 0.1) is 0 Å². The van der Waals surface area contributed by atoms with Crippen LogP contribution >= 0.6 is 15.9 Å². The molecule has 1 rings (SSSR count). The summed E-state index contributed by atoms with van der Waals surface area (Å²) in [6.45, 7) is 0. The van der Waals surface area contributed by atoms with Gasteiger partial charge in [-0.15, -0.1) is 0 Å². The zero-order chi connectivity index (χ0) is 9.14. The van der Waals surface area contributed by atoms with Crippen LogP contribution in [0.4, 0.5) is 0 Å². The number of alkyl halides is 1. The number of aliphatic hydroxyl groups excluding tert-OH is 1. The standard InChI is InChI=1S/C8H9BrO3/c9-4-8(12)5-1-2-6(10)7(11)3-5/h1-3,8,10-12H,4H2. The lowest BCUT2D eigenvalue weighted by Crippen LogP contribution is -1.97. The average molecular weight is 233 g/mol. The normalized spacial score (nSPS) is 12.8. The number of benzene rings is 1. The Labute approximate surface area is 78.4 Å². The lowest BCUT2D eigenvalue weighted by atomic mass is 10.1. The summed E-state index contributed by atoms with van der Waals surface area (Å²) in [5, 5.41) is 27.7. The first kappa shape index (κ1) is 9.35. The summed E-state index contributed by atoms with van der Waals surface area (Å²) in [6, 6.07) is 4.23. The fraction of sp³-hybridized carbons (Fsp3) is 0.250. The average Bonchev–Trinajstić information content (AvgIpc) is 2.08. The highest BCUT2D eigenvalue weighted by atomic mass is 79.9. The number of phenols is 2. The van der Waals surface area contributed by atoms with E-state index in [-0.39, 0.29) is 11.5 Å². The largest absolute Gasteiger partial charge is 0.504 e. The molecule has 0 heterocycles. The number of hydrogen-bond donors (Lipinski definition) is 3. The van der Waals surface area contributed by atoms with Gasteiger partial charge in [0.2, 0.25) is 0 Å². The SMILES string of the molecule is Oc1ccc(C(O)CBr)cc1O. The van der Waals surface area contributed by atoms with Gasteiger partial charge in [0.15, 0.2) is 11.5 Å². The zero-order valence-corrected chi connectivity index (χ0v) is 7.82. The topological polar surface area (TPSA) is 60.7 Å². The Balaban J connectivity index is 2.96. The molecule has 0 spiro atoms. The predicted molar refractivity (Wildman–Crippen MR) is 48.5 cm³/mol. The second-order valence-corrected chi connectivity index (χ2v) is 3.07. The van der Waals surface area contributed by atoms with Gasteiger partial charge in [-0.1, -0.05) is 22.0 Å². The van der Waals surface area contributed by atoms with Crippen LogP contribution in [-0.2, 0) is 0 Å². The lowest BCUT2D eigenvalue weighted by molar-refractivity contribution is 0.205. The minimum atomic E-state index is -0.656. The molecule has 0 saturated carbocycles. The van der Waals surface area contributed by atoms with Crippen molar-refractivity contribution in [1.29, 1.82) is 0 Å². The van der Waals surface area contributed by atoms with Gasteiger partial charge in [0.1, 0.15) is 0 Å². The molecule has 0 aromatic heterocycles. The van der Waals surface area contributed by atoms with Crippen molar-refractivity contribution in [2.24, 2.45) is 0 Å². The maximum atomic E-state index is 9.30. The summed E-state index contributed by atoms with van der Waals surface area (Å²) in [5.74, 6) is -0.395. The van der Waals surface area contributed by atoms with Gasteiger partial charge in [-0.2, -0.15) is 0 Å². The van der Waals surface area contributed by atoms with E-state index in [0.29, 0.717) is 10.9 Å². The maximum Gasteiger partial charge on any atom is 0.157 e. The summed E-state index contributed by atoms with van der Waals surface area (Å²) < 4.78 is 0. The highest BCUT2D eigenvalue weighted by Gasteiger charge is 2.07. The molecule has 4 heteroatoms. The molecule has 1 aromatic rings. The molecule has 3 nitrogen and oxygen atoms in total. The third-order valence-corrected chi connectivity index (χ3v) is 2.14. The molecule has 0 fully saturated rings. The predicted octanol–water partition coefficient (Wildman–Crippen LogP) is 1.53. The number of aromatic hydroxyl groups is 2. The molecule has 66 valence electrons. The van der Waals surface area contributed by atoms with E-state index in [9.17, 15) is 5.11 Å². The van der Waals surface area contributed by atoms with E-state index >= 15 is 0 Å². The van der Waals surface area contributed by atoms with Crippen LogP contribution in [0.25, 0.3) is 0 Å². The van der Waals surface area contributed by atoms with Crippen molar-refractivity contribution in [3.63, 3.8) is 0 Å². The molecule has 0 saturated heterocycles. The number of rotatable bonds is 2. The van der Waals surface area contributed by atoms with Crippen molar-refractivity contribution in [2.45, 2.75) is 6.10 Å². The molecule has 0 aliphatic heterocycles. The van der Waals surface area contributed by atoms with Crippen molar-refractivity contribution in [3.8, 4) is 11.5 Å². The smallest absolute Gasteiger partial charge is 0.157 e. The van der Waals surface area contributed by atoms with Crippen LogP contribution < -0.4 is 0 Å². The van der Waals surface area contributed by atoms with Gasteiger partial charge in [0.05, 0.1) is 6.10 Å². The molecule has 0 amide bonds. The van der Waals surface area contributed by atoms with Crippen molar-refractivity contribution in [2.75, 3.05) is 5.33 Å². The van der Waals surface area contributed by atoms with Crippen LogP contribution in [0.2, 0.25) is 0 Å². The number of aliphatic hydroxyl groups is 1. The zero-order valence-electron chi connectivity index (χ0n) is 6.24. The lowest BCUT2D eigenvalue weighted by Gasteiger charge is -2.07. The first-order valence-corrected chi connectivity index (χ1v) is 4.53. The van der Waals surface area contributed by atoms with E-state index in [1.165, 1.54) is 12.1 Å². The molecule has 3 N–H and O–H groups in total. The number of hydrogen-bond acceptors (Lipinski definition) is 3. The molecular weight excluding hydrogens is 224 g/mol. The van der Waals surface area contributed by atoms with E-state index in [0.717, 1.165) is 0 Å². The van der Waals surface area contributed by atoms with Crippen LogP contribution in [-0.4, -0.2) is 20.6 Å². The molecule has 1 unspecified atom stereocenters. The van der Waals surface area contributed by atoms with Crippen molar-refractivity contribution >= 4 is 15.9 Å². The van der Waals surface area contributed by atoms with Gasteiger partial charge < -0.3 is 15.3 Å². The van der Waals surface area contributed by atoms with Gasteiger partial charge in [0.25, 0.3) is 0 Å². The minimum absolute atomic E-state index is 0.180. The van der Waals surface area contributed by atoms with E-state index in [1.807, 2.05) is 0 Å². The van der Waals surface area contributed by atoms with Crippen molar-refractivity contribution in [1.82, 2.24) is 0 Å². The summed E-state index contributed by atoms with van der Waals surface area (Å²) in [4.78, 5) is 0. The summed E-state index contributed by atoms with van der Waals surface area (Å²) in [7, 11) is 0. The first-order chi connectivity index (χ1) is 5.65. The quantitative estimate of drug-likeness (QED) is 0.536. The van der Waals surface area contributed by atoms with E-state index < -0.39 is 6.10 Å². The molecule has 0 radical (unpaired) electrons. The molecule has 0 aliphatic rings. The van der Waals surface area contributed by atoms with Gasteiger partial charge in [-0.3, -0.25) is 0 Å². The van der Waals surface area contributed by atoms with Crippen LogP contribution in [0.3, 0.4) is 0 Å². The Morgan fingerprint density at radius 1 is 1.25 bits per heavy atom. The summed E-state index contributed by atoms with van der Waals surface area (Å²) in [6.07, 6.45) is -0.656. The molecule has 0 aliphatic carbocycles. The highest BCUT2D eigenvalue weighted by Crippen LogP contribution is 2.28. The second kappa shape index (κ2) is 3.78. The number of phenolic OH excluding ortho intramolecular Hbond substituents is 2. The Morgan fingerprint density at radius 2 is 1.92 bits per heavy atom. The summed E-state index contributed by atoms with van der Waals surface area (Å²) >= 11 is 3.10. The summed E-state index contributed by atoms with van der Waals surface area (Å²) in [5.41, 5.74) is 0.571. The van der Waals surface area contributed by atoms with Gasteiger partial charge in [-0.25, -0.2) is 0 Å². The van der Waals surface area contributed by atoms with Crippen LogP contribution in [0.5, 0.6) is 11.5 Å². The molecular formula is C8H9BrO3. The van der Waals surface area contributed by atoms with Crippen LogP contribution in [0.1, 0.15) is 11.7 Å². The van der Waals surface area contributed by atoms with E-state index in [4.69, 9.17) is 10.2 Å². The van der Waals surface area contributed by atoms with Gasteiger partial charge in [-0.05, 0) is 17.7 Å². The number of halogens is 1. The highest BCUT2D eigenvalue weighted by molar-refractivity contribution is 9.09. The molecule has 1 atom stereocenters. The minimum Gasteiger partial charge on any atom is -0.504 e. The Kier molecular flexibility index (Phi) is 2.94. The van der Waals surface area contributed by atoms with Crippen molar-refractivity contribution < 1.29 is 15.3 Å². The third kappa shape index (κ3) is 1.89. The Bertz CT molecular complexity index is 275. The van der Waals surface area contributed by atoms with E-state index in [1.54, 1.807) is 6.07 Å². The Morgan fingerprint density at radius 3 is 2.42 bits per heavy atom. The fourth-order valence-corrected chi connectivity index (χ4v) is 1.21. The maximum absolute atomic E-state index is 9.30. The molecule has 0 bridgehead atoms. The van der Waals surface area contributed by atoms with Crippen molar-refractivity contribution in [3.05, 3.63) is 23.8 Å².